The molecule has 0 spiro atoms. The largest absolute Gasteiger partial charge is 0.493 e. The van der Waals surface area contributed by atoms with E-state index in [0.717, 1.165) is 24.1 Å². The molecule has 23 heavy (non-hydrogen) atoms. The number of ether oxygens (including phenoxy) is 2. The fourth-order valence-corrected chi connectivity index (χ4v) is 3.57. The lowest BCUT2D eigenvalue weighted by atomic mass is 10.2. The highest BCUT2D eigenvalue weighted by Gasteiger charge is 2.17. The second-order valence-corrected chi connectivity index (χ2v) is 6.26. The van der Waals surface area contributed by atoms with E-state index in [1.165, 1.54) is 17.4 Å². The van der Waals surface area contributed by atoms with Crippen molar-refractivity contribution in [2.75, 3.05) is 19.5 Å². The Balaban J connectivity index is 1.65. The Kier molecular flexibility index (Phi) is 4.62. The fraction of sp³-hybridized carbons (Fsp3) is 0.294. The lowest BCUT2D eigenvalue weighted by Gasteiger charge is -2.07. The molecule has 1 aromatic carbocycles. The van der Waals surface area contributed by atoms with E-state index in [-0.39, 0.29) is 5.91 Å². The zero-order chi connectivity index (χ0) is 16.2. The predicted molar refractivity (Wildman–Crippen MR) is 91.3 cm³/mol. The quantitative estimate of drug-likeness (QED) is 0.855. The summed E-state index contributed by atoms with van der Waals surface area (Å²) in [6, 6.07) is 5.49. The minimum Gasteiger partial charge on any atom is -0.493 e. The minimum absolute atomic E-state index is 0.188. The summed E-state index contributed by atoms with van der Waals surface area (Å²) in [7, 11) is 3.17. The molecule has 1 N–H and O–H groups in total. The number of carbonyl (C=O) groups excluding carboxylic acids is 1. The van der Waals surface area contributed by atoms with Crippen molar-refractivity contribution >= 4 is 28.5 Å². The maximum absolute atomic E-state index is 12.0. The van der Waals surface area contributed by atoms with E-state index in [0.29, 0.717) is 16.6 Å². The van der Waals surface area contributed by atoms with Crippen LogP contribution in [0.15, 0.2) is 24.3 Å². The molecular weight excluding hydrogens is 312 g/mol. The van der Waals surface area contributed by atoms with Gasteiger partial charge in [-0.25, -0.2) is 4.98 Å². The Morgan fingerprint density at radius 3 is 2.83 bits per heavy atom. The van der Waals surface area contributed by atoms with Gasteiger partial charge in [0.15, 0.2) is 16.6 Å². The highest BCUT2D eigenvalue weighted by Crippen LogP contribution is 2.30. The highest BCUT2D eigenvalue weighted by atomic mass is 32.1. The predicted octanol–water partition coefficient (Wildman–Crippen LogP) is 3.30. The molecule has 120 valence electrons. The van der Waals surface area contributed by atoms with Crippen molar-refractivity contribution < 1.29 is 14.3 Å². The van der Waals surface area contributed by atoms with E-state index in [1.807, 2.05) is 18.2 Å². The molecule has 0 aliphatic heterocycles. The molecular formula is C17H18N2O3S. The zero-order valence-corrected chi connectivity index (χ0v) is 13.9. The third-order valence-corrected chi connectivity index (χ3v) is 4.73. The first kappa shape index (κ1) is 15.6. The molecule has 0 saturated carbocycles. The molecule has 3 rings (SSSR count). The van der Waals surface area contributed by atoms with Crippen molar-refractivity contribution in [2.45, 2.75) is 19.3 Å². The van der Waals surface area contributed by atoms with Crippen LogP contribution in [0, 0.1) is 0 Å². The number of aryl methyl sites for hydroxylation is 2. The lowest BCUT2D eigenvalue weighted by Crippen LogP contribution is -2.07. The molecule has 0 saturated heterocycles. The number of hydrogen-bond acceptors (Lipinski definition) is 5. The smallest absolute Gasteiger partial charge is 0.250 e. The molecule has 1 heterocycles. The number of thiazole rings is 1. The van der Waals surface area contributed by atoms with Crippen molar-refractivity contribution in [2.24, 2.45) is 0 Å². The second kappa shape index (κ2) is 6.83. The standard InChI is InChI=1S/C17H18N2O3S/c1-21-13-8-6-11(10-14(13)22-2)7-9-16(20)19-17-18-12-4-3-5-15(12)23-17/h6-10H,3-5H2,1-2H3,(H,18,19,20)/b9-7+. The van der Waals surface area contributed by atoms with Gasteiger partial charge in [0.25, 0.3) is 0 Å². The van der Waals surface area contributed by atoms with E-state index in [4.69, 9.17) is 9.47 Å². The van der Waals surface area contributed by atoms with Gasteiger partial charge in [-0.15, -0.1) is 11.3 Å². The van der Waals surface area contributed by atoms with Crippen LogP contribution >= 0.6 is 11.3 Å². The van der Waals surface area contributed by atoms with Gasteiger partial charge in [-0.3, -0.25) is 10.1 Å². The minimum atomic E-state index is -0.188. The van der Waals surface area contributed by atoms with Gasteiger partial charge in [0.05, 0.1) is 19.9 Å². The monoisotopic (exact) mass is 330 g/mol. The molecule has 5 nitrogen and oxygen atoms in total. The molecule has 0 fully saturated rings. The molecule has 1 aliphatic rings. The van der Waals surface area contributed by atoms with Gasteiger partial charge >= 0.3 is 0 Å². The van der Waals surface area contributed by atoms with Gasteiger partial charge < -0.3 is 9.47 Å². The normalized spacial score (nSPS) is 13.1. The van der Waals surface area contributed by atoms with Crippen LogP contribution in [0.4, 0.5) is 5.13 Å². The average Bonchev–Trinajstić information content (AvgIpc) is 3.13. The molecule has 0 atom stereocenters. The van der Waals surface area contributed by atoms with Crippen molar-refractivity contribution in [3.63, 3.8) is 0 Å². The number of nitrogens with zero attached hydrogens (tertiary/aromatic N) is 1. The second-order valence-electron chi connectivity index (χ2n) is 5.18. The molecule has 6 heteroatoms. The Hall–Kier alpha value is -2.34. The summed E-state index contributed by atoms with van der Waals surface area (Å²) < 4.78 is 10.4. The third kappa shape index (κ3) is 3.53. The van der Waals surface area contributed by atoms with Crippen LogP contribution in [0.2, 0.25) is 0 Å². The van der Waals surface area contributed by atoms with Crippen LogP contribution < -0.4 is 14.8 Å². The van der Waals surface area contributed by atoms with Gasteiger partial charge in [0, 0.05) is 11.0 Å². The number of fused-ring (bicyclic) bond motifs is 1. The summed E-state index contributed by atoms with van der Waals surface area (Å²) in [5, 5.41) is 3.50. The van der Waals surface area contributed by atoms with E-state index in [9.17, 15) is 4.79 Å². The van der Waals surface area contributed by atoms with Gasteiger partial charge in [-0.05, 0) is 43.0 Å². The van der Waals surface area contributed by atoms with Crippen LogP contribution in [-0.2, 0) is 17.6 Å². The first-order chi connectivity index (χ1) is 11.2. The van der Waals surface area contributed by atoms with E-state index < -0.39 is 0 Å². The van der Waals surface area contributed by atoms with Gasteiger partial charge in [0.2, 0.25) is 5.91 Å². The number of methoxy groups -OCH3 is 2. The van der Waals surface area contributed by atoms with Crippen LogP contribution in [0.1, 0.15) is 22.6 Å². The Morgan fingerprint density at radius 1 is 1.26 bits per heavy atom. The Morgan fingerprint density at radius 2 is 2.09 bits per heavy atom. The maximum Gasteiger partial charge on any atom is 0.250 e. The van der Waals surface area contributed by atoms with Crippen molar-refractivity contribution in [1.82, 2.24) is 4.98 Å². The molecule has 1 amide bonds. The number of carbonyl (C=O) groups is 1. The van der Waals surface area contributed by atoms with Gasteiger partial charge in [-0.2, -0.15) is 0 Å². The topological polar surface area (TPSA) is 60.5 Å². The number of rotatable bonds is 5. The maximum atomic E-state index is 12.0. The van der Waals surface area contributed by atoms with Gasteiger partial charge in [0.1, 0.15) is 0 Å². The summed E-state index contributed by atoms with van der Waals surface area (Å²) in [6.07, 6.45) is 6.49. The van der Waals surface area contributed by atoms with Crippen LogP contribution in [0.3, 0.4) is 0 Å². The average molecular weight is 330 g/mol. The summed E-state index contributed by atoms with van der Waals surface area (Å²) in [5.74, 6) is 1.10. The van der Waals surface area contributed by atoms with Crippen molar-refractivity contribution in [3.8, 4) is 11.5 Å². The molecule has 0 bridgehead atoms. The van der Waals surface area contributed by atoms with Crippen LogP contribution in [0.25, 0.3) is 6.08 Å². The highest BCUT2D eigenvalue weighted by molar-refractivity contribution is 7.15. The van der Waals surface area contributed by atoms with E-state index in [2.05, 4.69) is 10.3 Å². The molecule has 0 radical (unpaired) electrons. The van der Waals surface area contributed by atoms with E-state index >= 15 is 0 Å². The zero-order valence-electron chi connectivity index (χ0n) is 13.1. The molecule has 0 unspecified atom stereocenters. The van der Waals surface area contributed by atoms with Crippen molar-refractivity contribution in [3.05, 3.63) is 40.4 Å². The summed E-state index contributed by atoms with van der Waals surface area (Å²) >= 11 is 1.57. The van der Waals surface area contributed by atoms with Gasteiger partial charge in [-0.1, -0.05) is 6.07 Å². The summed E-state index contributed by atoms with van der Waals surface area (Å²) in [4.78, 5) is 17.8. The van der Waals surface area contributed by atoms with Crippen molar-refractivity contribution in [1.29, 1.82) is 0 Å². The number of hydrogen-bond donors (Lipinski definition) is 1. The molecule has 1 aliphatic carbocycles. The lowest BCUT2D eigenvalue weighted by molar-refractivity contribution is -0.111. The number of amides is 1. The van der Waals surface area contributed by atoms with Crippen LogP contribution in [0.5, 0.6) is 11.5 Å². The number of benzene rings is 1. The summed E-state index contributed by atoms with van der Waals surface area (Å²) in [6.45, 7) is 0. The SMILES string of the molecule is COc1ccc(/C=C/C(=O)Nc2nc3c(s2)CCC3)cc1OC. The number of anilines is 1. The number of aromatic nitrogens is 1. The molecule has 2 aromatic rings. The third-order valence-electron chi connectivity index (χ3n) is 3.66. The summed E-state index contributed by atoms with van der Waals surface area (Å²) in [5.41, 5.74) is 1.99. The Labute approximate surface area is 139 Å². The fourth-order valence-electron chi connectivity index (χ4n) is 2.52. The van der Waals surface area contributed by atoms with E-state index in [1.54, 1.807) is 31.6 Å². The number of nitrogens with one attached hydrogen (secondary N) is 1. The van der Waals surface area contributed by atoms with Crippen LogP contribution in [-0.4, -0.2) is 25.1 Å². The Bertz CT molecular complexity index is 731. The first-order valence-corrected chi connectivity index (χ1v) is 8.21. The molecule has 1 aromatic heterocycles. The first-order valence-electron chi connectivity index (χ1n) is 7.39.